The first-order chi connectivity index (χ1) is 15.6. The summed E-state index contributed by atoms with van der Waals surface area (Å²) >= 11 is 0. The zero-order valence-corrected chi connectivity index (χ0v) is 19.1. The molecule has 2 atom stereocenters. The number of para-hydroxylation sites is 2. The van der Waals surface area contributed by atoms with Gasteiger partial charge in [0.05, 0.1) is 0 Å². The number of rotatable bonds is 8. The van der Waals surface area contributed by atoms with Gasteiger partial charge in [0.15, 0.2) is 0 Å². The van der Waals surface area contributed by atoms with Gasteiger partial charge < -0.3 is 9.05 Å². The second-order valence-electron chi connectivity index (χ2n) is 7.74. The van der Waals surface area contributed by atoms with E-state index in [2.05, 4.69) is 38.1 Å². The molecule has 0 bridgehead atoms. The molecule has 0 saturated heterocycles. The van der Waals surface area contributed by atoms with Crippen molar-refractivity contribution in [3.8, 4) is 11.5 Å². The normalized spacial score (nSPS) is 13.7. The molecule has 4 aromatic carbocycles. The Labute approximate surface area is 190 Å². The molecule has 2 nitrogen and oxygen atoms in total. The molecular formula is C28H26FO2P. The lowest BCUT2D eigenvalue weighted by atomic mass is 9.93. The van der Waals surface area contributed by atoms with Gasteiger partial charge in [0.2, 0.25) is 0 Å². The zero-order valence-electron chi connectivity index (χ0n) is 18.2. The van der Waals surface area contributed by atoms with Crippen molar-refractivity contribution in [3.63, 3.8) is 0 Å². The average Bonchev–Trinajstić information content (AvgIpc) is 2.85. The molecule has 162 valence electrons. The fourth-order valence-corrected chi connectivity index (χ4v) is 4.54. The van der Waals surface area contributed by atoms with Crippen LogP contribution in [0.4, 0.5) is 4.20 Å². The van der Waals surface area contributed by atoms with E-state index < -0.39 is 8.69 Å². The summed E-state index contributed by atoms with van der Waals surface area (Å²) in [6.07, 6.45) is 0. The minimum Gasteiger partial charge on any atom is -0.414 e. The van der Waals surface area contributed by atoms with E-state index in [0.29, 0.717) is 11.5 Å². The Morgan fingerprint density at radius 1 is 0.531 bits per heavy atom. The molecule has 2 unspecified atom stereocenters. The lowest BCUT2D eigenvalue weighted by molar-refractivity contribution is 0.433. The average molecular weight is 444 g/mol. The van der Waals surface area contributed by atoms with Crippen molar-refractivity contribution in [3.05, 3.63) is 131 Å². The summed E-state index contributed by atoms with van der Waals surface area (Å²) < 4.78 is 26.5. The molecule has 4 rings (SSSR count). The highest BCUT2D eigenvalue weighted by Crippen LogP contribution is 2.46. The third kappa shape index (κ3) is 5.18. The summed E-state index contributed by atoms with van der Waals surface area (Å²) in [6.45, 7) is 4.19. The van der Waals surface area contributed by atoms with Crippen LogP contribution in [0.1, 0.15) is 47.9 Å². The van der Waals surface area contributed by atoms with Crippen molar-refractivity contribution < 1.29 is 13.2 Å². The number of hydrogen-bond acceptors (Lipinski definition) is 2. The largest absolute Gasteiger partial charge is 0.505 e. The molecule has 0 aromatic heterocycles. The van der Waals surface area contributed by atoms with Crippen LogP contribution in [0.3, 0.4) is 0 Å². The smallest absolute Gasteiger partial charge is 0.414 e. The van der Waals surface area contributed by atoms with Crippen LogP contribution < -0.4 is 9.05 Å². The van der Waals surface area contributed by atoms with Crippen LogP contribution in [-0.2, 0) is 0 Å². The van der Waals surface area contributed by atoms with E-state index in [1.165, 1.54) is 0 Å². The van der Waals surface area contributed by atoms with E-state index in [0.717, 1.165) is 22.3 Å². The van der Waals surface area contributed by atoms with E-state index in [1.807, 2.05) is 72.8 Å². The molecule has 0 heterocycles. The lowest BCUT2D eigenvalue weighted by Gasteiger charge is -2.20. The predicted molar refractivity (Wildman–Crippen MR) is 130 cm³/mol. The topological polar surface area (TPSA) is 18.5 Å². The summed E-state index contributed by atoms with van der Waals surface area (Å²) in [6, 6.07) is 35.4. The van der Waals surface area contributed by atoms with Crippen molar-refractivity contribution in [2.75, 3.05) is 0 Å². The van der Waals surface area contributed by atoms with E-state index in [4.69, 9.17) is 9.05 Å². The van der Waals surface area contributed by atoms with Crippen LogP contribution in [0.15, 0.2) is 109 Å². The molecule has 4 aromatic rings. The fourth-order valence-electron chi connectivity index (χ4n) is 3.86. The summed E-state index contributed by atoms with van der Waals surface area (Å²) in [5.41, 5.74) is 4.15. The minimum atomic E-state index is -2.65. The second-order valence-corrected chi connectivity index (χ2v) is 8.53. The molecule has 0 aliphatic carbocycles. The van der Waals surface area contributed by atoms with Crippen LogP contribution in [0.5, 0.6) is 11.5 Å². The van der Waals surface area contributed by atoms with E-state index in [1.54, 1.807) is 12.1 Å². The molecule has 0 N–H and O–H groups in total. The molecule has 32 heavy (non-hydrogen) atoms. The van der Waals surface area contributed by atoms with Gasteiger partial charge in [-0.2, -0.15) is 0 Å². The SMILES string of the molecule is CC(c1ccccc1)c1ccccc1OP(F)Oc1ccccc1C(C)c1ccccc1. The molecule has 0 radical (unpaired) electrons. The highest BCUT2D eigenvalue weighted by Gasteiger charge is 2.22. The lowest BCUT2D eigenvalue weighted by Crippen LogP contribution is -2.02. The van der Waals surface area contributed by atoms with Crippen LogP contribution >= 0.6 is 8.69 Å². The van der Waals surface area contributed by atoms with E-state index in [9.17, 15) is 0 Å². The van der Waals surface area contributed by atoms with Gasteiger partial charge in [-0.25, -0.2) is 0 Å². The van der Waals surface area contributed by atoms with Gasteiger partial charge in [-0.3, -0.25) is 0 Å². The van der Waals surface area contributed by atoms with Crippen molar-refractivity contribution in [1.29, 1.82) is 0 Å². The van der Waals surface area contributed by atoms with Gasteiger partial charge in [-0.1, -0.05) is 111 Å². The molecule has 0 amide bonds. The first-order valence-electron chi connectivity index (χ1n) is 10.7. The Morgan fingerprint density at radius 3 is 1.28 bits per heavy atom. The summed E-state index contributed by atoms with van der Waals surface area (Å²) in [5.74, 6) is 1.15. The molecule has 0 saturated carbocycles. The van der Waals surface area contributed by atoms with Crippen LogP contribution in [-0.4, -0.2) is 0 Å². The first-order valence-corrected chi connectivity index (χ1v) is 11.8. The van der Waals surface area contributed by atoms with Crippen molar-refractivity contribution in [1.82, 2.24) is 0 Å². The van der Waals surface area contributed by atoms with Gasteiger partial charge >= 0.3 is 8.69 Å². The van der Waals surface area contributed by atoms with Gasteiger partial charge in [0.25, 0.3) is 0 Å². The van der Waals surface area contributed by atoms with Crippen LogP contribution in [0.25, 0.3) is 0 Å². The highest BCUT2D eigenvalue weighted by molar-refractivity contribution is 7.42. The number of halogens is 1. The second kappa shape index (κ2) is 10.4. The van der Waals surface area contributed by atoms with Crippen molar-refractivity contribution in [2.24, 2.45) is 0 Å². The zero-order chi connectivity index (χ0) is 22.3. The Kier molecular flexibility index (Phi) is 7.19. The predicted octanol–water partition coefficient (Wildman–Crippen LogP) is 8.64. The highest BCUT2D eigenvalue weighted by atomic mass is 31.2. The minimum absolute atomic E-state index is 0.0705. The molecule has 4 heteroatoms. The number of benzene rings is 4. The quantitative estimate of drug-likeness (QED) is 0.253. The van der Waals surface area contributed by atoms with E-state index >= 15 is 4.20 Å². The third-order valence-corrected chi connectivity index (χ3v) is 6.39. The summed E-state index contributed by atoms with van der Waals surface area (Å²) in [5, 5.41) is 0. The molecular weight excluding hydrogens is 418 g/mol. The third-order valence-electron chi connectivity index (χ3n) is 5.71. The molecule has 0 aliphatic rings. The van der Waals surface area contributed by atoms with Gasteiger partial charge in [-0.05, 0) is 23.3 Å². The molecule has 0 fully saturated rings. The Balaban J connectivity index is 1.53. The first kappa shape index (κ1) is 22.0. The summed E-state index contributed by atoms with van der Waals surface area (Å²) in [4.78, 5) is 0. The Hall–Kier alpha value is -3.16. The Morgan fingerprint density at radius 2 is 0.875 bits per heavy atom. The molecule has 0 aliphatic heterocycles. The maximum Gasteiger partial charge on any atom is 0.505 e. The molecule has 0 spiro atoms. The Bertz CT molecular complexity index is 1040. The van der Waals surface area contributed by atoms with Gasteiger partial charge in [0, 0.05) is 23.0 Å². The standard InChI is InChI=1S/C28H26FO2P/c1-21(23-13-5-3-6-14-23)25-17-9-11-19-27(25)30-32(29)31-28-20-12-10-18-26(28)22(2)24-15-7-4-8-16-24/h3-22H,1-2H3. The van der Waals surface area contributed by atoms with Crippen molar-refractivity contribution >= 4 is 8.69 Å². The summed E-state index contributed by atoms with van der Waals surface area (Å²) in [7, 11) is -2.65. The monoisotopic (exact) mass is 444 g/mol. The maximum atomic E-state index is 15.1. The van der Waals surface area contributed by atoms with Gasteiger partial charge in [-0.15, -0.1) is 4.20 Å². The maximum absolute atomic E-state index is 15.1. The van der Waals surface area contributed by atoms with Crippen molar-refractivity contribution in [2.45, 2.75) is 25.7 Å². The fraction of sp³-hybridized carbons (Fsp3) is 0.143. The van der Waals surface area contributed by atoms with E-state index in [-0.39, 0.29) is 11.8 Å². The van der Waals surface area contributed by atoms with Crippen LogP contribution in [0, 0.1) is 0 Å². The van der Waals surface area contributed by atoms with Gasteiger partial charge in [0.1, 0.15) is 11.5 Å². The number of hydrogen-bond donors (Lipinski definition) is 0. The van der Waals surface area contributed by atoms with Crippen LogP contribution in [0.2, 0.25) is 0 Å².